The molecule has 5 N–H and O–H groups in total. The predicted molar refractivity (Wildman–Crippen MR) is 127 cm³/mol. The van der Waals surface area contributed by atoms with Crippen LogP contribution < -0.4 is 22.5 Å². The molecule has 2 aromatic heterocycles. The number of nitrogens with zero attached hydrogens (tertiary/aromatic N) is 2. The minimum atomic E-state index is -4.44. The monoisotopic (exact) mass is 574 g/mol. The van der Waals surface area contributed by atoms with Gasteiger partial charge in [-0.25, -0.2) is 14.2 Å². The topological polar surface area (TPSA) is 234 Å². The number of phosphoric acid groups is 1. The molecule has 3 saturated heterocycles. The number of hydrogen-bond acceptors (Lipinski definition) is 13. The lowest BCUT2D eigenvalue weighted by molar-refractivity contribution is -0.108. The van der Waals surface area contributed by atoms with Crippen molar-refractivity contribution in [2.75, 3.05) is 13.2 Å². The highest BCUT2D eigenvalue weighted by atomic mass is 31.2. The molecule has 3 fully saturated rings. The Morgan fingerprint density at radius 1 is 1.13 bits per heavy atom. The van der Waals surface area contributed by atoms with Crippen LogP contribution in [0, 0.1) is 6.92 Å². The molecule has 0 saturated carbocycles. The smallest absolute Gasteiger partial charge is 0.394 e. The molecular weight excluding hydrogens is 547 g/mol. The Bertz CT molecular complexity index is 1500. The summed E-state index contributed by atoms with van der Waals surface area (Å²) in [6, 6.07) is 1.03. The van der Waals surface area contributed by atoms with E-state index in [2.05, 4.69) is 4.98 Å². The van der Waals surface area contributed by atoms with Gasteiger partial charge >= 0.3 is 19.2 Å². The Kier molecular flexibility index (Phi) is 7.62. The van der Waals surface area contributed by atoms with Crippen LogP contribution in [0.3, 0.4) is 0 Å². The summed E-state index contributed by atoms with van der Waals surface area (Å²) in [7, 11) is -4.44. The standard InChI is InChI=1S/C21H27N4O13P/c1-9-7-25(21(32)23-18(9)30)14-6-10(27)16(36-14)11-3-5-34-39(33,37-11)38-17-12(8-26)35-19(15(17)29)24-4-2-13(28)22-20(24)31/h2,4,7,10-12,14-17,19,26-27,29H,3,5-6,8H2,1H3,(H,22,28,31)(H,23,30,32)/t10-,11-,12+,14+,15+,16-,17+,19+,39?/m0/s1. The number of aromatic amines is 2. The molecule has 0 bridgehead atoms. The zero-order valence-corrected chi connectivity index (χ0v) is 21.3. The minimum Gasteiger partial charge on any atom is -0.394 e. The summed E-state index contributed by atoms with van der Waals surface area (Å²) in [4.78, 5) is 51.7. The van der Waals surface area contributed by atoms with Crippen LogP contribution in [-0.4, -0.2) is 84.3 Å². The van der Waals surface area contributed by atoms with Gasteiger partial charge in [0.05, 0.1) is 19.3 Å². The number of ether oxygens (including phenoxy) is 2. The summed E-state index contributed by atoms with van der Waals surface area (Å²) in [5, 5.41) is 31.2. The number of aromatic nitrogens is 4. The van der Waals surface area contributed by atoms with Gasteiger partial charge in [0.25, 0.3) is 11.1 Å². The molecule has 1 unspecified atom stereocenters. The summed E-state index contributed by atoms with van der Waals surface area (Å²) in [6.07, 6.45) is -7.45. The Balaban J connectivity index is 1.31. The van der Waals surface area contributed by atoms with Crippen LogP contribution in [0.15, 0.2) is 37.6 Å². The molecule has 5 rings (SSSR count). The Labute approximate surface area is 218 Å². The fraction of sp³-hybridized carbons (Fsp3) is 0.619. The number of rotatable bonds is 6. The molecule has 2 aromatic rings. The Morgan fingerprint density at radius 3 is 2.59 bits per heavy atom. The number of aliphatic hydroxyl groups is 3. The number of aliphatic hydroxyl groups excluding tert-OH is 3. The van der Waals surface area contributed by atoms with Crippen molar-refractivity contribution in [1.82, 2.24) is 19.1 Å². The molecule has 3 aliphatic heterocycles. The summed E-state index contributed by atoms with van der Waals surface area (Å²) >= 11 is 0. The second-order valence-electron chi connectivity index (χ2n) is 9.38. The van der Waals surface area contributed by atoms with Gasteiger partial charge in [0.15, 0.2) is 6.23 Å². The first-order chi connectivity index (χ1) is 18.5. The molecule has 0 aromatic carbocycles. The molecule has 0 amide bonds. The SMILES string of the molecule is Cc1cn([C@H]2C[C@H](O)[C@@H]([C@@H]3CCOP(=O)(O[C@H]4[C@@H](O)[C@H](n5ccc(=O)[nH]c5=O)O[C@@H]4CO)O3)O2)c(=O)[nH]c1=O. The van der Waals surface area contributed by atoms with Crippen molar-refractivity contribution >= 4 is 7.82 Å². The number of H-pyrrole nitrogens is 2. The van der Waals surface area contributed by atoms with Gasteiger partial charge in [-0.2, -0.15) is 0 Å². The molecule has 18 heteroatoms. The molecule has 17 nitrogen and oxygen atoms in total. The normalized spacial score (nSPS) is 36.8. The molecular formula is C21H27N4O13P. The van der Waals surface area contributed by atoms with Crippen molar-refractivity contribution in [1.29, 1.82) is 0 Å². The molecule has 214 valence electrons. The van der Waals surface area contributed by atoms with E-state index in [4.69, 9.17) is 23.0 Å². The van der Waals surface area contributed by atoms with E-state index < -0.39 is 86.0 Å². The molecule has 0 spiro atoms. The van der Waals surface area contributed by atoms with E-state index in [0.29, 0.717) is 0 Å². The average molecular weight is 574 g/mol. The van der Waals surface area contributed by atoms with Crippen molar-refractivity contribution in [2.24, 2.45) is 0 Å². The molecule has 39 heavy (non-hydrogen) atoms. The van der Waals surface area contributed by atoms with Crippen LogP contribution in [-0.2, 0) is 27.6 Å². The maximum absolute atomic E-state index is 13.4. The second-order valence-corrected chi connectivity index (χ2v) is 10.9. The molecule has 0 radical (unpaired) electrons. The van der Waals surface area contributed by atoms with Crippen LogP contribution in [0.4, 0.5) is 0 Å². The van der Waals surface area contributed by atoms with Gasteiger partial charge in [-0.15, -0.1) is 0 Å². The van der Waals surface area contributed by atoms with Crippen LogP contribution in [0.5, 0.6) is 0 Å². The van der Waals surface area contributed by atoms with E-state index in [0.717, 1.165) is 21.4 Å². The molecule has 5 heterocycles. The summed E-state index contributed by atoms with van der Waals surface area (Å²) in [5.41, 5.74) is -2.58. The third-order valence-corrected chi connectivity index (χ3v) is 8.27. The fourth-order valence-corrected chi connectivity index (χ4v) is 6.41. The fourth-order valence-electron chi connectivity index (χ4n) is 4.80. The van der Waals surface area contributed by atoms with Crippen LogP contribution in [0.25, 0.3) is 0 Å². The Hall–Kier alpha value is -2.73. The van der Waals surface area contributed by atoms with Gasteiger partial charge in [0.2, 0.25) is 0 Å². The summed E-state index contributed by atoms with van der Waals surface area (Å²) in [6.45, 7) is 0.665. The predicted octanol–water partition coefficient (Wildman–Crippen LogP) is -2.41. The van der Waals surface area contributed by atoms with Gasteiger partial charge in [0, 0.05) is 36.9 Å². The van der Waals surface area contributed by atoms with E-state index >= 15 is 0 Å². The van der Waals surface area contributed by atoms with Crippen molar-refractivity contribution in [3.05, 3.63) is 65.7 Å². The third-order valence-electron chi connectivity index (χ3n) is 6.74. The number of hydrogen-bond donors (Lipinski definition) is 5. The first-order valence-electron chi connectivity index (χ1n) is 12.0. The number of nitrogens with one attached hydrogen (secondary N) is 2. The van der Waals surface area contributed by atoms with Crippen molar-refractivity contribution in [3.63, 3.8) is 0 Å². The highest BCUT2D eigenvalue weighted by molar-refractivity contribution is 7.48. The lowest BCUT2D eigenvalue weighted by atomic mass is 10.1. The van der Waals surface area contributed by atoms with Crippen LogP contribution in [0.1, 0.15) is 30.9 Å². The highest BCUT2D eigenvalue weighted by Crippen LogP contribution is 2.57. The van der Waals surface area contributed by atoms with Gasteiger partial charge in [-0.05, 0) is 6.92 Å². The van der Waals surface area contributed by atoms with E-state index in [1.807, 2.05) is 4.98 Å². The van der Waals surface area contributed by atoms with Crippen molar-refractivity contribution in [3.8, 4) is 0 Å². The van der Waals surface area contributed by atoms with E-state index in [1.165, 1.54) is 13.1 Å². The Morgan fingerprint density at radius 2 is 1.87 bits per heavy atom. The lowest BCUT2D eigenvalue weighted by Crippen LogP contribution is -2.42. The molecule has 3 aliphatic rings. The summed E-state index contributed by atoms with van der Waals surface area (Å²) < 4.78 is 43.2. The number of aryl methyl sites for hydroxylation is 1. The molecule has 9 atom stereocenters. The second kappa shape index (κ2) is 10.7. The van der Waals surface area contributed by atoms with E-state index in [-0.39, 0.29) is 25.0 Å². The largest absolute Gasteiger partial charge is 0.475 e. The van der Waals surface area contributed by atoms with Gasteiger partial charge < -0.3 is 24.8 Å². The number of phosphoric ester groups is 1. The van der Waals surface area contributed by atoms with Crippen LogP contribution >= 0.6 is 7.82 Å². The summed E-state index contributed by atoms with van der Waals surface area (Å²) in [5.74, 6) is 0. The maximum Gasteiger partial charge on any atom is 0.475 e. The lowest BCUT2D eigenvalue weighted by Gasteiger charge is -2.34. The van der Waals surface area contributed by atoms with E-state index in [9.17, 15) is 39.1 Å². The quantitative estimate of drug-likeness (QED) is 0.227. The third kappa shape index (κ3) is 5.37. The average Bonchev–Trinajstić information content (AvgIpc) is 3.41. The first-order valence-corrected chi connectivity index (χ1v) is 13.5. The van der Waals surface area contributed by atoms with Gasteiger partial charge in [0.1, 0.15) is 36.7 Å². The molecule has 0 aliphatic carbocycles. The van der Waals surface area contributed by atoms with Crippen molar-refractivity contribution < 1.29 is 42.9 Å². The highest BCUT2D eigenvalue weighted by Gasteiger charge is 2.52. The van der Waals surface area contributed by atoms with Crippen molar-refractivity contribution in [2.45, 2.75) is 68.8 Å². The van der Waals surface area contributed by atoms with Gasteiger partial charge in [-0.3, -0.25) is 42.3 Å². The minimum absolute atomic E-state index is 0.0285. The zero-order valence-electron chi connectivity index (χ0n) is 20.4. The first kappa shape index (κ1) is 27.8. The van der Waals surface area contributed by atoms with Crippen LogP contribution in [0.2, 0.25) is 0 Å². The van der Waals surface area contributed by atoms with E-state index in [1.54, 1.807) is 0 Å². The van der Waals surface area contributed by atoms with Gasteiger partial charge in [-0.1, -0.05) is 0 Å². The zero-order chi connectivity index (χ0) is 28.1. The maximum atomic E-state index is 13.4.